The Labute approximate surface area is 101 Å². The van der Waals surface area contributed by atoms with E-state index in [0.717, 1.165) is 20.4 Å². The van der Waals surface area contributed by atoms with Crippen molar-refractivity contribution in [2.75, 3.05) is 0 Å². The fraction of sp³-hybridized carbons (Fsp3) is 0. The molecule has 0 N–H and O–H groups in total. The summed E-state index contributed by atoms with van der Waals surface area (Å²) in [5.41, 5.74) is 0.683. The van der Waals surface area contributed by atoms with Gasteiger partial charge in [-0.3, -0.25) is 0 Å². The first-order valence-electron chi connectivity index (χ1n) is 4.80. The molecule has 0 saturated heterocycles. The maximum Gasteiger partial charge on any atom is 0.597 e. The van der Waals surface area contributed by atoms with Gasteiger partial charge in [0.15, 0.2) is 5.58 Å². The fourth-order valence-electron chi connectivity index (χ4n) is 1.79. The largest absolute Gasteiger partial charge is 0.597 e. The summed E-state index contributed by atoms with van der Waals surface area (Å²) in [7, 11) is -1.77. The lowest BCUT2D eigenvalue weighted by molar-refractivity contribution is 0.563. The molecule has 0 amide bonds. The van der Waals surface area contributed by atoms with Gasteiger partial charge in [0.25, 0.3) is 0 Å². The molecule has 1 aromatic heterocycles. The summed E-state index contributed by atoms with van der Waals surface area (Å²) in [4.78, 5) is 0. The van der Waals surface area contributed by atoms with E-state index in [2.05, 4.69) is 15.9 Å². The molecule has 3 aromatic rings. The molecule has 0 aliphatic heterocycles. The van der Waals surface area contributed by atoms with E-state index in [1.807, 2.05) is 42.5 Å². The zero-order valence-electron chi connectivity index (χ0n) is 8.18. The Hall–Kier alpha value is -1.18. The molecule has 0 saturated carbocycles. The third kappa shape index (κ3) is 1.48. The second-order valence-corrected chi connectivity index (χ2v) is 5.60. The van der Waals surface area contributed by atoms with Gasteiger partial charge in [0.2, 0.25) is 5.12 Å². The molecular weight excluding hydrogens is 287 g/mol. The SMILES string of the molecule is O=[p+]1oc2ccc(Br)cc2c2ccccc21. The molecule has 2 nitrogen and oxygen atoms in total. The highest BCUT2D eigenvalue weighted by molar-refractivity contribution is 9.10. The molecule has 4 heteroatoms. The van der Waals surface area contributed by atoms with Crippen LogP contribution in [0, 0.1) is 0 Å². The van der Waals surface area contributed by atoms with E-state index in [9.17, 15) is 4.57 Å². The standard InChI is InChI=1S/C12H7BrO2P/c13-8-5-6-11-10(7-8)9-3-1-2-4-12(9)16(14)15-11/h1-7H/q+1. The Bertz CT molecular complexity index is 749. The number of halogens is 1. The third-order valence-corrected chi connectivity index (χ3v) is 4.15. The van der Waals surface area contributed by atoms with Crippen molar-refractivity contribution in [3.05, 3.63) is 46.9 Å². The molecule has 0 aliphatic rings. The smallest absolute Gasteiger partial charge is 0.250 e. The van der Waals surface area contributed by atoms with Crippen LogP contribution in [-0.4, -0.2) is 0 Å². The van der Waals surface area contributed by atoms with E-state index in [-0.39, 0.29) is 0 Å². The minimum Gasteiger partial charge on any atom is -0.250 e. The predicted octanol–water partition coefficient (Wildman–Crippen LogP) is 5.09. The molecule has 16 heavy (non-hydrogen) atoms. The lowest BCUT2D eigenvalue weighted by atomic mass is 10.1. The van der Waals surface area contributed by atoms with Gasteiger partial charge in [-0.05, 0) is 34.9 Å². The molecule has 1 heterocycles. The first-order chi connectivity index (χ1) is 7.75. The summed E-state index contributed by atoms with van der Waals surface area (Å²) < 4.78 is 18.2. The van der Waals surface area contributed by atoms with Crippen molar-refractivity contribution in [1.82, 2.24) is 0 Å². The molecule has 2 aromatic carbocycles. The van der Waals surface area contributed by atoms with E-state index < -0.39 is 7.65 Å². The molecule has 3 rings (SSSR count). The maximum absolute atomic E-state index is 11.8. The lowest BCUT2D eigenvalue weighted by Gasteiger charge is -1.96. The van der Waals surface area contributed by atoms with Crippen molar-refractivity contribution in [2.45, 2.75) is 0 Å². The number of benzene rings is 2. The van der Waals surface area contributed by atoms with Crippen LogP contribution < -0.4 is 0 Å². The minimum atomic E-state index is -1.77. The average Bonchev–Trinajstić information content (AvgIpc) is 2.31. The average molecular weight is 294 g/mol. The van der Waals surface area contributed by atoms with Crippen LogP contribution >= 0.6 is 23.6 Å². The van der Waals surface area contributed by atoms with Crippen LogP contribution in [0.3, 0.4) is 0 Å². The fourth-order valence-corrected chi connectivity index (χ4v) is 3.19. The van der Waals surface area contributed by atoms with Crippen molar-refractivity contribution < 1.29 is 8.76 Å². The van der Waals surface area contributed by atoms with Crippen LogP contribution in [0.2, 0.25) is 0 Å². The number of rotatable bonds is 0. The van der Waals surface area contributed by atoms with E-state index in [1.54, 1.807) is 0 Å². The van der Waals surface area contributed by atoms with Crippen LogP contribution in [0.1, 0.15) is 0 Å². The molecule has 0 fully saturated rings. The van der Waals surface area contributed by atoms with Gasteiger partial charge < -0.3 is 0 Å². The molecular formula is C12H7BrO2P+. The van der Waals surface area contributed by atoms with Crippen molar-refractivity contribution in [3.63, 3.8) is 0 Å². The van der Waals surface area contributed by atoms with Crippen LogP contribution in [0.5, 0.6) is 0 Å². The van der Waals surface area contributed by atoms with Gasteiger partial charge in [-0.15, -0.1) is 0 Å². The van der Waals surface area contributed by atoms with Gasteiger partial charge in [0.05, 0.1) is 0 Å². The Balaban J connectivity index is 2.66. The monoisotopic (exact) mass is 293 g/mol. The highest BCUT2D eigenvalue weighted by Crippen LogP contribution is 2.35. The summed E-state index contributed by atoms with van der Waals surface area (Å²) in [6.07, 6.45) is 0. The highest BCUT2D eigenvalue weighted by Gasteiger charge is 2.15. The molecule has 0 bridgehead atoms. The Kier molecular flexibility index (Phi) is 2.31. The summed E-state index contributed by atoms with van der Waals surface area (Å²) in [5.74, 6) is 0. The van der Waals surface area contributed by atoms with E-state index in [1.165, 1.54) is 0 Å². The second kappa shape index (κ2) is 3.69. The maximum atomic E-state index is 11.8. The zero-order valence-corrected chi connectivity index (χ0v) is 10.7. The van der Waals surface area contributed by atoms with Crippen molar-refractivity contribution >= 4 is 45.1 Å². The molecule has 78 valence electrons. The van der Waals surface area contributed by atoms with Crippen LogP contribution in [0.15, 0.2) is 51.1 Å². The predicted molar refractivity (Wildman–Crippen MR) is 69.0 cm³/mol. The Morgan fingerprint density at radius 3 is 2.75 bits per heavy atom. The summed E-state index contributed by atoms with van der Waals surface area (Å²) in [6.45, 7) is 0. The normalized spacial score (nSPS) is 12.2. The van der Waals surface area contributed by atoms with Crippen molar-refractivity contribution in [3.8, 4) is 0 Å². The molecule has 1 unspecified atom stereocenters. The van der Waals surface area contributed by atoms with E-state index in [0.29, 0.717) is 5.58 Å². The van der Waals surface area contributed by atoms with E-state index >= 15 is 0 Å². The van der Waals surface area contributed by atoms with Gasteiger partial charge in [-0.1, -0.05) is 28.1 Å². The minimum absolute atomic E-state index is 0.683. The van der Waals surface area contributed by atoms with Crippen LogP contribution in [0.25, 0.3) is 21.5 Å². The first-order valence-corrected chi connectivity index (χ1v) is 6.77. The van der Waals surface area contributed by atoms with Crippen molar-refractivity contribution in [2.24, 2.45) is 0 Å². The van der Waals surface area contributed by atoms with Gasteiger partial charge in [0, 0.05) is 15.2 Å². The lowest BCUT2D eigenvalue weighted by Crippen LogP contribution is -1.75. The highest BCUT2D eigenvalue weighted by atomic mass is 79.9. The Morgan fingerprint density at radius 1 is 1.06 bits per heavy atom. The van der Waals surface area contributed by atoms with E-state index in [4.69, 9.17) is 4.20 Å². The molecule has 0 radical (unpaired) electrons. The number of hydrogen-bond acceptors (Lipinski definition) is 2. The van der Waals surface area contributed by atoms with Gasteiger partial charge in [-0.2, -0.15) is 0 Å². The number of fused-ring (bicyclic) bond motifs is 3. The van der Waals surface area contributed by atoms with Gasteiger partial charge >= 0.3 is 7.65 Å². The van der Waals surface area contributed by atoms with Gasteiger partial charge in [0.1, 0.15) is 0 Å². The first kappa shape index (κ1) is 10.0. The Morgan fingerprint density at radius 2 is 1.88 bits per heavy atom. The summed E-state index contributed by atoms with van der Waals surface area (Å²) in [5, 5.41) is 2.74. The molecule has 0 aliphatic carbocycles. The topological polar surface area (TPSA) is 30.2 Å². The number of hydrogen-bond donors (Lipinski definition) is 0. The van der Waals surface area contributed by atoms with Crippen LogP contribution in [-0.2, 0) is 4.57 Å². The third-order valence-electron chi connectivity index (χ3n) is 2.51. The van der Waals surface area contributed by atoms with Crippen molar-refractivity contribution in [1.29, 1.82) is 0 Å². The summed E-state index contributed by atoms with van der Waals surface area (Å²) in [6, 6.07) is 13.3. The quantitative estimate of drug-likeness (QED) is 0.540. The second-order valence-electron chi connectivity index (χ2n) is 3.51. The zero-order chi connectivity index (χ0) is 11.1. The molecule has 0 spiro atoms. The molecule has 1 atom stereocenters. The van der Waals surface area contributed by atoms with Crippen LogP contribution in [0.4, 0.5) is 0 Å². The summed E-state index contributed by atoms with van der Waals surface area (Å²) >= 11 is 3.43. The van der Waals surface area contributed by atoms with Gasteiger partial charge in [-0.25, -0.2) is 4.20 Å².